The Labute approximate surface area is 193 Å². The van der Waals surface area contributed by atoms with Gasteiger partial charge in [0.1, 0.15) is 12.6 Å². The molecule has 0 radical (unpaired) electrons. The van der Waals surface area contributed by atoms with E-state index >= 15 is 0 Å². The van der Waals surface area contributed by atoms with Crippen molar-refractivity contribution in [1.29, 1.82) is 0 Å². The summed E-state index contributed by atoms with van der Waals surface area (Å²) in [6.07, 6.45) is 3.87. The molecule has 13 nitrogen and oxygen atoms in total. The fourth-order valence-corrected chi connectivity index (χ4v) is 2.53. The number of nitrogens with two attached hydrogens (primary N) is 1. The van der Waals surface area contributed by atoms with E-state index in [1.54, 1.807) is 0 Å². The van der Waals surface area contributed by atoms with Crippen molar-refractivity contribution < 1.29 is 33.9 Å². The Hall–Kier alpha value is -3.22. The average molecular weight is 473 g/mol. The zero-order valence-electron chi connectivity index (χ0n) is 19.2. The van der Waals surface area contributed by atoms with Crippen LogP contribution in [0.3, 0.4) is 0 Å². The van der Waals surface area contributed by atoms with E-state index in [0.717, 1.165) is 13.0 Å². The Morgan fingerprint density at radius 2 is 1.61 bits per heavy atom. The number of primary amides is 1. The molecule has 2 unspecified atom stereocenters. The monoisotopic (exact) mass is 472 g/mol. The van der Waals surface area contributed by atoms with Crippen LogP contribution >= 0.6 is 0 Å². The van der Waals surface area contributed by atoms with E-state index < -0.39 is 48.7 Å². The third-order valence-corrected chi connectivity index (χ3v) is 4.49. The standard InChI is InChI=1S/C16H26N6O7.C4H10/c17-11(23)4-3-10(16(29)20-6-12(24)19-8-14(26)27)22-13(25)7-21-15(28)9-2-1-5-18-9;1-3-4-2/h9-10,18H,1-8H2,(H2,17,23)(H,19,24)(H,20,29)(H,21,28)(H,22,25)(H,26,27);3-4H2,1-2H3. The van der Waals surface area contributed by atoms with Crippen molar-refractivity contribution in [3.05, 3.63) is 0 Å². The van der Waals surface area contributed by atoms with E-state index in [0.29, 0.717) is 6.42 Å². The number of carboxylic acids is 1. The van der Waals surface area contributed by atoms with Crippen molar-refractivity contribution in [1.82, 2.24) is 26.6 Å². The maximum Gasteiger partial charge on any atom is 0.322 e. The number of rotatable bonds is 13. The van der Waals surface area contributed by atoms with Crippen molar-refractivity contribution in [3.63, 3.8) is 0 Å². The van der Waals surface area contributed by atoms with E-state index in [1.165, 1.54) is 12.8 Å². The van der Waals surface area contributed by atoms with Gasteiger partial charge in [-0.1, -0.05) is 26.7 Å². The molecule has 13 heteroatoms. The summed E-state index contributed by atoms with van der Waals surface area (Å²) >= 11 is 0. The molecule has 1 aliphatic heterocycles. The first kappa shape index (κ1) is 29.8. The smallest absolute Gasteiger partial charge is 0.322 e. The zero-order valence-corrected chi connectivity index (χ0v) is 19.2. The van der Waals surface area contributed by atoms with Crippen LogP contribution in [0.15, 0.2) is 0 Å². The highest BCUT2D eigenvalue weighted by molar-refractivity contribution is 5.93. The van der Waals surface area contributed by atoms with Crippen LogP contribution in [0.5, 0.6) is 0 Å². The summed E-state index contributed by atoms with van der Waals surface area (Å²) in [6, 6.07) is -1.52. The fourth-order valence-electron chi connectivity index (χ4n) is 2.53. The number of carboxylic acid groups (broad SMARTS) is 1. The molecule has 1 saturated heterocycles. The number of aliphatic carboxylic acids is 1. The first-order valence-corrected chi connectivity index (χ1v) is 11.0. The number of unbranched alkanes of at least 4 members (excludes halogenated alkanes) is 1. The lowest BCUT2D eigenvalue weighted by Crippen LogP contribution is -2.52. The molecule has 0 saturated carbocycles. The highest BCUT2D eigenvalue weighted by Gasteiger charge is 2.24. The predicted molar refractivity (Wildman–Crippen MR) is 119 cm³/mol. The Bertz CT molecular complexity index is 678. The second-order valence-electron chi connectivity index (χ2n) is 7.38. The van der Waals surface area contributed by atoms with Gasteiger partial charge in [-0.15, -0.1) is 0 Å². The highest BCUT2D eigenvalue weighted by Crippen LogP contribution is 2.04. The van der Waals surface area contributed by atoms with Crippen LogP contribution < -0.4 is 32.3 Å². The molecule has 0 spiro atoms. The molecule has 1 rings (SSSR count). The molecule has 188 valence electrons. The Morgan fingerprint density at radius 1 is 0.970 bits per heavy atom. The first-order valence-electron chi connectivity index (χ1n) is 11.0. The number of carbonyl (C=O) groups is 6. The molecule has 0 aliphatic carbocycles. The van der Waals surface area contributed by atoms with Crippen LogP contribution in [-0.4, -0.2) is 78.9 Å². The van der Waals surface area contributed by atoms with Gasteiger partial charge in [0.25, 0.3) is 0 Å². The van der Waals surface area contributed by atoms with Gasteiger partial charge in [0.2, 0.25) is 29.5 Å². The van der Waals surface area contributed by atoms with Crippen molar-refractivity contribution in [3.8, 4) is 0 Å². The maximum atomic E-state index is 12.2. The van der Waals surface area contributed by atoms with Gasteiger partial charge in [-0.25, -0.2) is 0 Å². The van der Waals surface area contributed by atoms with Gasteiger partial charge in [0.15, 0.2) is 0 Å². The molecule has 8 N–H and O–H groups in total. The maximum absolute atomic E-state index is 12.2. The molecule has 33 heavy (non-hydrogen) atoms. The second kappa shape index (κ2) is 17.3. The quantitative estimate of drug-likeness (QED) is 0.155. The Kier molecular flexibility index (Phi) is 15.7. The Balaban J connectivity index is 0.00000235. The summed E-state index contributed by atoms with van der Waals surface area (Å²) in [5.74, 6) is -4.41. The van der Waals surface area contributed by atoms with Gasteiger partial charge >= 0.3 is 5.97 Å². The minimum atomic E-state index is -1.24. The first-order chi connectivity index (χ1) is 15.6. The van der Waals surface area contributed by atoms with E-state index in [1.807, 2.05) is 0 Å². The van der Waals surface area contributed by atoms with E-state index in [-0.39, 0.29) is 31.3 Å². The molecule has 0 aromatic rings. The molecule has 1 heterocycles. The summed E-state index contributed by atoms with van der Waals surface area (Å²) in [5, 5.41) is 20.6. The van der Waals surface area contributed by atoms with Crippen molar-refractivity contribution >= 4 is 35.5 Å². The largest absolute Gasteiger partial charge is 0.480 e. The number of hydrogen-bond donors (Lipinski definition) is 7. The SMILES string of the molecule is CCCC.NC(=O)CCC(NC(=O)CNC(=O)C1CCCN1)C(=O)NCC(=O)NCC(=O)O. The molecular weight excluding hydrogens is 436 g/mol. The minimum absolute atomic E-state index is 0.109. The molecule has 1 aliphatic rings. The summed E-state index contributed by atoms with van der Waals surface area (Å²) in [4.78, 5) is 69.0. The Morgan fingerprint density at radius 3 is 2.12 bits per heavy atom. The van der Waals surface area contributed by atoms with Gasteiger partial charge in [0.05, 0.1) is 19.1 Å². The van der Waals surface area contributed by atoms with Crippen molar-refractivity contribution in [2.75, 3.05) is 26.2 Å². The zero-order chi connectivity index (χ0) is 25.2. The van der Waals surface area contributed by atoms with Crippen LogP contribution in [-0.2, 0) is 28.8 Å². The highest BCUT2D eigenvalue weighted by atomic mass is 16.4. The molecule has 0 aromatic heterocycles. The minimum Gasteiger partial charge on any atom is -0.480 e. The second-order valence-corrected chi connectivity index (χ2v) is 7.38. The lowest BCUT2D eigenvalue weighted by Gasteiger charge is -2.18. The molecule has 0 bridgehead atoms. The normalized spacial score (nSPS) is 15.3. The number of carbonyl (C=O) groups excluding carboxylic acids is 5. The average Bonchev–Trinajstić information content (AvgIpc) is 3.32. The lowest BCUT2D eigenvalue weighted by molar-refractivity contribution is -0.138. The van der Waals surface area contributed by atoms with E-state index in [9.17, 15) is 28.8 Å². The van der Waals surface area contributed by atoms with Crippen LogP contribution in [0.1, 0.15) is 52.4 Å². The van der Waals surface area contributed by atoms with Gasteiger partial charge in [-0.05, 0) is 25.8 Å². The summed E-state index contributed by atoms with van der Waals surface area (Å²) < 4.78 is 0. The van der Waals surface area contributed by atoms with E-state index in [2.05, 4.69) is 40.4 Å². The van der Waals surface area contributed by atoms with Gasteiger partial charge in [-0.2, -0.15) is 0 Å². The molecule has 0 aromatic carbocycles. The van der Waals surface area contributed by atoms with Crippen LogP contribution in [0.4, 0.5) is 0 Å². The number of amides is 5. The number of hydrogen-bond acceptors (Lipinski definition) is 7. The predicted octanol–water partition coefficient (Wildman–Crippen LogP) is -2.27. The van der Waals surface area contributed by atoms with Crippen molar-refractivity contribution in [2.24, 2.45) is 5.73 Å². The van der Waals surface area contributed by atoms with Crippen molar-refractivity contribution in [2.45, 2.75) is 64.5 Å². The molecule has 1 fully saturated rings. The third-order valence-electron chi connectivity index (χ3n) is 4.49. The van der Waals surface area contributed by atoms with Gasteiger partial charge in [0, 0.05) is 6.42 Å². The van der Waals surface area contributed by atoms with Crippen LogP contribution in [0.25, 0.3) is 0 Å². The van der Waals surface area contributed by atoms with Gasteiger partial charge in [-0.3, -0.25) is 28.8 Å². The summed E-state index contributed by atoms with van der Waals surface area (Å²) in [5.41, 5.74) is 5.06. The lowest BCUT2D eigenvalue weighted by atomic mass is 10.1. The molecule has 2 atom stereocenters. The van der Waals surface area contributed by atoms with Gasteiger partial charge < -0.3 is 37.4 Å². The summed E-state index contributed by atoms with van der Waals surface area (Å²) in [7, 11) is 0. The topological polar surface area (TPSA) is 209 Å². The molecular formula is C20H36N6O7. The number of nitrogens with one attached hydrogen (secondary N) is 5. The van der Waals surface area contributed by atoms with E-state index in [4.69, 9.17) is 10.8 Å². The summed E-state index contributed by atoms with van der Waals surface area (Å²) in [6.45, 7) is 3.60. The van der Waals surface area contributed by atoms with Crippen LogP contribution in [0.2, 0.25) is 0 Å². The molecule has 5 amide bonds. The van der Waals surface area contributed by atoms with Crippen LogP contribution in [0, 0.1) is 0 Å². The fraction of sp³-hybridized carbons (Fsp3) is 0.700. The third kappa shape index (κ3) is 15.3.